The molecule has 1 atom stereocenters. The summed E-state index contributed by atoms with van der Waals surface area (Å²) in [6.07, 6.45) is 3.15. The maximum atomic E-state index is 12.5. The molecule has 158 valence electrons. The Morgan fingerprint density at radius 2 is 2.17 bits per heavy atom. The minimum Gasteiger partial charge on any atom is -0.376 e. The zero-order valence-electron chi connectivity index (χ0n) is 17.1. The van der Waals surface area contributed by atoms with Crippen LogP contribution in [-0.2, 0) is 22.5 Å². The Morgan fingerprint density at radius 3 is 2.90 bits per heavy atom. The fourth-order valence-electron chi connectivity index (χ4n) is 3.34. The largest absolute Gasteiger partial charge is 0.376 e. The van der Waals surface area contributed by atoms with Gasteiger partial charge in [-0.2, -0.15) is 0 Å². The van der Waals surface area contributed by atoms with Gasteiger partial charge in [0.1, 0.15) is 5.82 Å². The molecular weight excluding hydrogens is 418 g/mol. The van der Waals surface area contributed by atoms with E-state index in [9.17, 15) is 4.79 Å². The summed E-state index contributed by atoms with van der Waals surface area (Å²) in [7, 11) is 0. The average molecular weight is 444 g/mol. The number of aromatic nitrogens is 4. The van der Waals surface area contributed by atoms with Gasteiger partial charge in [0.15, 0.2) is 10.3 Å². The molecule has 1 saturated heterocycles. The summed E-state index contributed by atoms with van der Waals surface area (Å²) in [4.78, 5) is 17.0. The van der Waals surface area contributed by atoms with Crippen molar-refractivity contribution in [2.75, 3.05) is 17.7 Å². The van der Waals surface area contributed by atoms with Gasteiger partial charge < -0.3 is 14.6 Å². The highest BCUT2D eigenvalue weighted by Crippen LogP contribution is 2.26. The molecule has 0 bridgehead atoms. The van der Waals surface area contributed by atoms with E-state index in [0.29, 0.717) is 5.13 Å². The summed E-state index contributed by atoms with van der Waals surface area (Å²) in [6.45, 7) is 5.68. The molecule has 0 saturated carbocycles. The molecule has 3 heterocycles. The number of rotatable bonds is 8. The maximum Gasteiger partial charge on any atom is 0.236 e. The first-order valence-corrected chi connectivity index (χ1v) is 12.0. The van der Waals surface area contributed by atoms with E-state index < -0.39 is 0 Å². The second-order valence-electron chi connectivity index (χ2n) is 7.24. The Bertz CT molecular complexity index is 993. The van der Waals surface area contributed by atoms with Crippen molar-refractivity contribution in [3.8, 4) is 11.3 Å². The normalized spacial score (nSPS) is 16.1. The van der Waals surface area contributed by atoms with Crippen LogP contribution in [0.15, 0.2) is 34.8 Å². The van der Waals surface area contributed by atoms with Crippen LogP contribution in [0.2, 0.25) is 0 Å². The van der Waals surface area contributed by atoms with Crippen LogP contribution in [0.5, 0.6) is 0 Å². The summed E-state index contributed by atoms with van der Waals surface area (Å²) >= 11 is 2.83. The molecular formula is C21H25N5O2S2. The zero-order valence-corrected chi connectivity index (χ0v) is 18.8. The molecule has 1 aliphatic rings. The second kappa shape index (κ2) is 9.72. The lowest BCUT2D eigenvalue weighted by Crippen LogP contribution is -2.19. The molecule has 7 nitrogen and oxygen atoms in total. The number of thiazole rings is 1. The van der Waals surface area contributed by atoms with Crippen LogP contribution in [0.25, 0.3) is 11.3 Å². The van der Waals surface area contributed by atoms with Gasteiger partial charge in [-0.25, -0.2) is 4.98 Å². The van der Waals surface area contributed by atoms with Crippen molar-refractivity contribution < 1.29 is 9.53 Å². The van der Waals surface area contributed by atoms with Crippen molar-refractivity contribution >= 4 is 34.1 Å². The van der Waals surface area contributed by atoms with Gasteiger partial charge in [-0.1, -0.05) is 48.5 Å². The second-order valence-corrected chi connectivity index (χ2v) is 9.04. The fraction of sp³-hybridized carbons (Fsp3) is 0.429. The predicted molar refractivity (Wildman–Crippen MR) is 120 cm³/mol. The third-order valence-electron chi connectivity index (χ3n) is 4.95. The van der Waals surface area contributed by atoms with Crippen LogP contribution in [0.3, 0.4) is 0 Å². The lowest BCUT2D eigenvalue weighted by Gasteiger charge is -2.14. The van der Waals surface area contributed by atoms with Gasteiger partial charge in [0.05, 0.1) is 24.1 Å². The number of benzene rings is 1. The molecule has 1 fully saturated rings. The summed E-state index contributed by atoms with van der Waals surface area (Å²) < 4.78 is 7.85. The van der Waals surface area contributed by atoms with Gasteiger partial charge in [0, 0.05) is 24.0 Å². The van der Waals surface area contributed by atoms with Gasteiger partial charge in [-0.3, -0.25) is 4.79 Å². The van der Waals surface area contributed by atoms with Crippen LogP contribution >= 0.6 is 23.1 Å². The van der Waals surface area contributed by atoms with Crippen molar-refractivity contribution in [3.05, 3.63) is 41.0 Å². The average Bonchev–Trinajstić information content (AvgIpc) is 3.49. The van der Waals surface area contributed by atoms with Crippen LogP contribution in [0.4, 0.5) is 5.13 Å². The number of carbonyl (C=O) groups is 1. The Balaban J connectivity index is 1.35. The van der Waals surface area contributed by atoms with E-state index in [1.807, 2.05) is 17.5 Å². The maximum absolute atomic E-state index is 12.5. The highest BCUT2D eigenvalue weighted by Gasteiger charge is 2.21. The molecule has 9 heteroatoms. The standard InChI is InChI=1S/C21H25N5O2S2/c1-3-18-24-25-21(26(18)11-16-5-4-10-28-16)30-13-19(27)23-20-22-17(12-29-20)15-8-6-14(2)7-9-15/h6-9,12,16H,3-5,10-11,13H2,1-2H3,(H,22,23,27). The van der Waals surface area contributed by atoms with E-state index in [2.05, 4.69) is 51.0 Å². The molecule has 0 radical (unpaired) electrons. The van der Waals surface area contributed by atoms with Crippen molar-refractivity contribution in [1.82, 2.24) is 19.7 Å². The van der Waals surface area contributed by atoms with Gasteiger partial charge in [-0.05, 0) is 19.8 Å². The van der Waals surface area contributed by atoms with E-state index >= 15 is 0 Å². The number of carbonyl (C=O) groups excluding carboxylic acids is 1. The minimum absolute atomic E-state index is 0.102. The molecule has 0 aliphatic carbocycles. The van der Waals surface area contributed by atoms with Gasteiger partial charge in [0.2, 0.25) is 5.91 Å². The number of amides is 1. The number of hydrogen-bond acceptors (Lipinski definition) is 7. The first-order chi connectivity index (χ1) is 14.6. The van der Waals surface area contributed by atoms with Gasteiger partial charge in [-0.15, -0.1) is 21.5 Å². The monoisotopic (exact) mass is 443 g/mol. The number of nitrogens with zero attached hydrogens (tertiary/aromatic N) is 4. The van der Waals surface area contributed by atoms with Crippen molar-refractivity contribution in [3.63, 3.8) is 0 Å². The van der Waals surface area contributed by atoms with Crippen molar-refractivity contribution in [2.45, 2.75) is 50.9 Å². The Labute approximate surface area is 184 Å². The summed E-state index contributed by atoms with van der Waals surface area (Å²) in [5.41, 5.74) is 3.12. The van der Waals surface area contributed by atoms with Crippen molar-refractivity contribution in [1.29, 1.82) is 0 Å². The molecule has 1 unspecified atom stereocenters. The van der Waals surface area contributed by atoms with Crippen LogP contribution in [0, 0.1) is 6.92 Å². The predicted octanol–water partition coefficient (Wildman–Crippen LogP) is 4.18. The van der Waals surface area contributed by atoms with Gasteiger partial charge >= 0.3 is 0 Å². The number of nitrogens with one attached hydrogen (secondary N) is 1. The molecule has 1 aromatic carbocycles. The first kappa shape index (κ1) is 21.0. The number of ether oxygens (including phenoxy) is 1. The molecule has 30 heavy (non-hydrogen) atoms. The zero-order chi connectivity index (χ0) is 20.9. The Kier molecular flexibility index (Phi) is 6.81. The van der Waals surface area contributed by atoms with E-state index in [1.165, 1.54) is 28.7 Å². The molecule has 4 rings (SSSR count). The van der Waals surface area contributed by atoms with Crippen LogP contribution < -0.4 is 5.32 Å². The van der Waals surface area contributed by atoms with E-state index in [-0.39, 0.29) is 17.8 Å². The van der Waals surface area contributed by atoms with E-state index in [0.717, 1.165) is 54.7 Å². The number of hydrogen-bond donors (Lipinski definition) is 1. The van der Waals surface area contributed by atoms with E-state index in [4.69, 9.17) is 4.74 Å². The number of aryl methyl sites for hydroxylation is 2. The summed E-state index contributed by atoms with van der Waals surface area (Å²) in [5, 5.41) is 14.8. The topological polar surface area (TPSA) is 81.9 Å². The highest BCUT2D eigenvalue weighted by molar-refractivity contribution is 7.99. The highest BCUT2D eigenvalue weighted by atomic mass is 32.2. The molecule has 2 aromatic heterocycles. The minimum atomic E-state index is -0.102. The quantitative estimate of drug-likeness (QED) is 0.526. The lowest BCUT2D eigenvalue weighted by molar-refractivity contribution is -0.113. The number of thioether (sulfide) groups is 1. The fourth-order valence-corrected chi connectivity index (χ4v) is 4.84. The Hall–Kier alpha value is -2.23. The van der Waals surface area contributed by atoms with E-state index in [1.54, 1.807) is 0 Å². The smallest absolute Gasteiger partial charge is 0.236 e. The summed E-state index contributed by atoms with van der Waals surface area (Å²) in [6, 6.07) is 8.19. The van der Waals surface area contributed by atoms with Crippen molar-refractivity contribution in [2.24, 2.45) is 0 Å². The molecule has 1 amide bonds. The molecule has 1 N–H and O–H groups in total. The third kappa shape index (κ3) is 5.08. The Morgan fingerprint density at radius 1 is 1.33 bits per heavy atom. The lowest BCUT2D eigenvalue weighted by atomic mass is 10.1. The molecule has 0 spiro atoms. The summed E-state index contributed by atoms with van der Waals surface area (Å²) in [5.74, 6) is 1.08. The van der Waals surface area contributed by atoms with Crippen LogP contribution in [0.1, 0.15) is 31.2 Å². The van der Waals surface area contributed by atoms with Gasteiger partial charge in [0.25, 0.3) is 0 Å². The first-order valence-electron chi connectivity index (χ1n) is 10.1. The molecule has 3 aromatic rings. The molecule has 1 aliphatic heterocycles. The van der Waals surface area contributed by atoms with Crippen LogP contribution in [-0.4, -0.2) is 44.1 Å². The third-order valence-corrected chi connectivity index (χ3v) is 6.67. The SMILES string of the molecule is CCc1nnc(SCC(=O)Nc2nc(-c3ccc(C)cc3)cs2)n1CC1CCCO1. The number of anilines is 1.